The van der Waals surface area contributed by atoms with Gasteiger partial charge in [-0.1, -0.05) is 25.4 Å². The van der Waals surface area contributed by atoms with E-state index in [1.807, 2.05) is 4.90 Å². The molecule has 0 fully saturated rings. The third kappa shape index (κ3) is 1.53. The minimum atomic E-state index is -0.0565. The van der Waals surface area contributed by atoms with Gasteiger partial charge in [-0.25, -0.2) is 0 Å². The van der Waals surface area contributed by atoms with Crippen LogP contribution in [0.5, 0.6) is 0 Å². The van der Waals surface area contributed by atoms with Crippen molar-refractivity contribution in [2.45, 2.75) is 6.17 Å². The lowest BCUT2D eigenvalue weighted by Gasteiger charge is -2.16. The fraction of sp³-hybridized carbons (Fsp3) is 0.250. The van der Waals surface area contributed by atoms with E-state index >= 15 is 0 Å². The molecule has 0 aromatic carbocycles. The summed E-state index contributed by atoms with van der Waals surface area (Å²) in [6, 6.07) is 0. The first-order chi connectivity index (χ1) is 5.69. The molecular formula is C8H11N3S. The molecule has 3 nitrogen and oxygen atoms in total. The average Bonchev–Trinajstić information content (AvgIpc) is 2.46. The smallest absolute Gasteiger partial charge is 0.140 e. The SMILES string of the molecule is C=CC1N=C(C(N)=S)CN1C=C. The average molecular weight is 181 g/mol. The van der Waals surface area contributed by atoms with Crippen LogP contribution in [-0.2, 0) is 0 Å². The molecule has 0 radical (unpaired) electrons. The maximum Gasteiger partial charge on any atom is 0.140 e. The van der Waals surface area contributed by atoms with E-state index in [4.69, 9.17) is 18.0 Å². The number of hydrogen-bond acceptors (Lipinski definition) is 3. The Morgan fingerprint density at radius 2 is 2.42 bits per heavy atom. The van der Waals surface area contributed by atoms with Crippen molar-refractivity contribution < 1.29 is 0 Å². The second kappa shape index (κ2) is 3.49. The van der Waals surface area contributed by atoms with Gasteiger partial charge in [-0.2, -0.15) is 0 Å². The molecule has 0 spiro atoms. The monoisotopic (exact) mass is 181 g/mol. The highest BCUT2D eigenvalue weighted by Gasteiger charge is 2.21. The highest BCUT2D eigenvalue weighted by Crippen LogP contribution is 2.11. The van der Waals surface area contributed by atoms with Gasteiger partial charge in [0.15, 0.2) is 0 Å². The molecule has 0 saturated carbocycles. The fourth-order valence-corrected chi connectivity index (χ4v) is 1.16. The van der Waals surface area contributed by atoms with E-state index in [1.165, 1.54) is 0 Å². The zero-order chi connectivity index (χ0) is 9.14. The summed E-state index contributed by atoms with van der Waals surface area (Å²) in [4.78, 5) is 6.52. The predicted octanol–water partition coefficient (Wildman–Crippen LogP) is 0.685. The Balaban J connectivity index is 2.79. The second-order valence-electron chi connectivity index (χ2n) is 2.44. The lowest BCUT2D eigenvalue weighted by atomic mass is 10.4. The summed E-state index contributed by atoms with van der Waals surface area (Å²) in [5.41, 5.74) is 6.18. The standard InChI is InChI=1S/C8H11N3S/c1-3-7-10-6(8(9)12)5-11(7)4-2/h3-4,7H,1-2,5H2,(H2,9,12). The number of rotatable bonds is 3. The van der Waals surface area contributed by atoms with Crippen LogP contribution in [0.4, 0.5) is 0 Å². The highest BCUT2D eigenvalue weighted by molar-refractivity contribution is 7.82. The van der Waals surface area contributed by atoms with Crippen molar-refractivity contribution in [3.63, 3.8) is 0 Å². The van der Waals surface area contributed by atoms with Crippen molar-refractivity contribution >= 4 is 22.9 Å². The summed E-state index contributed by atoms with van der Waals surface area (Å²) >= 11 is 4.81. The molecule has 1 atom stereocenters. The molecule has 0 aromatic heterocycles. The first-order valence-electron chi connectivity index (χ1n) is 3.56. The minimum absolute atomic E-state index is 0.0565. The number of nitrogens with zero attached hydrogens (tertiary/aromatic N) is 2. The molecule has 0 bridgehead atoms. The Morgan fingerprint density at radius 1 is 1.75 bits per heavy atom. The van der Waals surface area contributed by atoms with Gasteiger partial charge in [-0.15, -0.1) is 0 Å². The van der Waals surface area contributed by atoms with Crippen LogP contribution < -0.4 is 5.73 Å². The van der Waals surface area contributed by atoms with Gasteiger partial charge in [0.05, 0.1) is 12.3 Å². The summed E-state index contributed by atoms with van der Waals surface area (Å²) < 4.78 is 0. The van der Waals surface area contributed by atoms with Crippen molar-refractivity contribution in [3.05, 3.63) is 25.4 Å². The summed E-state index contributed by atoms with van der Waals surface area (Å²) in [6.45, 7) is 7.94. The number of nitrogens with two attached hydrogens (primary N) is 1. The van der Waals surface area contributed by atoms with E-state index in [0.717, 1.165) is 5.71 Å². The third-order valence-electron chi connectivity index (χ3n) is 1.69. The summed E-state index contributed by atoms with van der Waals surface area (Å²) in [6.07, 6.45) is 3.38. The lowest BCUT2D eigenvalue weighted by Crippen LogP contribution is -2.28. The van der Waals surface area contributed by atoms with Crippen LogP contribution >= 0.6 is 12.2 Å². The van der Waals surface area contributed by atoms with Crippen molar-refractivity contribution in [3.8, 4) is 0 Å². The van der Waals surface area contributed by atoms with E-state index in [2.05, 4.69) is 18.2 Å². The Morgan fingerprint density at radius 3 is 2.75 bits per heavy atom. The van der Waals surface area contributed by atoms with E-state index in [-0.39, 0.29) is 6.17 Å². The zero-order valence-corrected chi connectivity index (χ0v) is 7.55. The quantitative estimate of drug-likeness (QED) is 0.514. The number of hydrogen-bond donors (Lipinski definition) is 1. The van der Waals surface area contributed by atoms with E-state index in [9.17, 15) is 0 Å². The summed E-state index contributed by atoms with van der Waals surface area (Å²) in [5.74, 6) is 0. The first kappa shape index (κ1) is 8.93. The van der Waals surface area contributed by atoms with E-state index < -0.39 is 0 Å². The van der Waals surface area contributed by atoms with E-state index in [0.29, 0.717) is 11.5 Å². The Labute approximate surface area is 77.3 Å². The largest absolute Gasteiger partial charge is 0.388 e. The van der Waals surface area contributed by atoms with Gasteiger partial charge in [0.1, 0.15) is 11.2 Å². The van der Waals surface area contributed by atoms with Gasteiger partial charge in [0.2, 0.25) is 0 Å². The Bertz CT molecular complexity index is 257. The van der Waals surface area contributed by atoms with Crippen LogP contribution in [0.2, 0.25) is 0 Å². The molecule has 12 heavy (non-hydrogen) atoms. The van der Waals surface area contributed by atoms with Crippen molar-refractivity contribution in [1.82, 2.24) is 4.90 Å². The lowest BCUT2D eigenvalue weighted by molar-refractivity contribution is 0.400. The Kier molecular flexibility index (Phi) is 2.60. The molecule has 2 N–H and O–H groups in total. The number of aliphatic imine (C=N–C) groups is 1. The molecular weight excluding hydrogens is 170 g/mol. The molecule has 1 aliphatic rings. The summed E-state index contributed by atoms with van der Waals surface area (Å²) in [5, 5.41) is 0. The van der Waals surface area contributed by atoms with Gasteiger partial charge in [-0.05, 0) is 12.3 Å². The highest BCUT2D eigenvalue weighted by atomic mass is 32.1. The van der Waals surface area contributed by atoms with E-state index in [1.54, 1.807) is 12.3 Å². The van der Waals surface area contributed by atoms with Crippen molar-refractivity contribution in [2.75, 3.05) is 6.54 Å². The topological polar surface area (TPSA) is 41.6 Å². The molecule has 0 amide bonds. The molecule has 0 saturated heterocycles. The zero-order valence-electron chi connectivity index (χ0n) is 6.73. The molecule has 4 heteroatoms. The normalized spacial score (nSPS) is 21.8. The van der Waals surface area contributed by atoms with Gasteiger partial charge in [-0.3, -0.25) is 4.99 Å². The van der Waals surface area contributed by atoms with Gasteiger partial charge < -0.3 is 10.6 Å². The van der Waals surface area contributed by atoms with Crippen LogP contribution in [0, 0.1) is 0 Å². The Hall–Kier alpha value is -1.16. The third-order valence-corrected chi connectivity index (χ3v) is 1.93. The van der Waals surface area contributed by atoms with Crippen LogP contribution in [0.25, 0.3) is 0 Å². The molecule has 1 aliphatic heterocycles. The predicted molar refractivity (Wildman–Crippen MR) is 55.1 cm³/mol. The molecule has 0 aromatic rings. The van der Waals surface area contributed by atoms with Crippen molar-refractivity contribution in [2.24, 2.45) is 10.7 Å². The van der Waals surface area contributed by atoms with Gasteiger partial charge >= 0.3 is 0 Å². The fourth-order valence-electron chi connectivity index (χ4n) is 1.04. The molecule has 64 valence electrons. The second-order valence-corrected chi connectivity index (χ2v) is 2.88. The van der Waals surface area contributed by atoms with Crippen LogP contribution in [0.15, 0.2) is 30.4 Å². The molecule has 1 unspecified atom stereocenters. The number of thiocarbonyl (C=S) groups is 1. The first-order valence-corrected chi connectivity index (χ1v) is 3.97. The van der Waals surface area contributed by atoms with Gasteiger partial charge in [0, 0.05) is 0 Å². The maximum absolute atomic E-state index is 5.44. The molecule has 1 heterocycles. The van der Waals surface area contributed by atoms with Crippen molar-refractivity contribution in [1.29, 1.82) is 0 Å². The summed E-state index contributed by atoms with van der Waals surface area (Å²) in [7, 11) is 0. The molecule has 0 aliphatic carbocycles. The van der Waals surface area contributed by atoms with Crippen LogP contribution in [0.3, 0.4) is 0 Å². The maximum atomic E-state index is 5.44. The minimum Gasteiger partial charge on any atom is -0.388 e. The van der Waals surface area contributed by atoms with Gasteiger partial charge in [0.25, 0.3) is 0 Å². The van der Waals surface area contributed by atoms with Crippen LogP contribution in [0.1, 0.15) is 0 Å². The van der Waals surface area contributed by atoms with Crippen LogP contribution in [-0.4, -0.2) is 28.3 Å². The molecule has 1 rings (SSSR count).